The average Bonchev–Trinajstić information content (AvgIpc) is 2.84. The Balaban J connectivity index is 1.90. The van der Waals surface area contributed by atoms with E-state index in [1.54, 1.807) is 16.2 Å². The Morgan fingerprint density at radius 2 is 2.00 bits per heavy atom. The SMILES string of the molecule is Cc1nc([C@H](C)N(C)C(=O)CN2CCC(C(N)=O)CC2)c(C)s1. The quantitative estimate of drug-likeness (QED) is 0.882. The number of aromatic nitrogens is 1. The lowest BCUT2D eigenvalue weighted by atomic mass is 9.96. The number of carbonyl (C=O) groups excluding carboxylic acids is 2. The number of carbonyl (C=O) groups is 2. The molecule has 1 aliphatic heterocycles. The van der Waals surface area contributed by atoms with E-state index in [1.807, 2.05) is 27.8 Å². The molecule has 23 heavy (non-hydrogen) atoms. The number of aryl methyl sites for hydroxylation is 2. The number of rotatable bonds is 5. The molecule has 0 radical (unpaired) electrons. The van der Waals surface area contributed by atoms with Crippen LogP contribution in [0, 0.1) is 19.8 Å². The van der Waals surface area contributed by atoms with Crippen LogP contribution in [0.2, 0.25) is 0 Å². The molecule has 0 spiro atoms. The van der Waals surface area contributed by atoms with Crippen LogP contribution in [-0.2, 0) is 9.59 Å². The van der Waals surface area contributed by atoms with Crippen molar-refractivity contribution in [2.24, 2.45) is 11.7 Å². The van der Waals surface area contributed by atoms with Crippen molar-refractivity contribution < 1.29 is 9.59 Å². The number of amides is 2. The van der Waals surface area contributed by atoms with E-state index in [1.165, 1.54) is 0 Å². The van der Waals surface area contributed by atoms with Crippen LogP contribution in [0.25, 0.3) is 0 Å². The third-order valence-corrected chi connectivity index (χ3v) is 5.56. The van der Waals surface area contributed by atoms with E-state index in [9.17, 15) is 9.59 Å². The Labute approximate surface area is 141 Å². The predicted molar refractivity (Wildman–Crippen MR) is 91.1 cm³/mol. The Hall–Kier alpha value is -1.47. The monoisotopic (exact) mass is 338 g/mol. The molecule has 6 nitrogen and oxygen atoms in total. The summed E-state index contributed by atoms with van der Waals surface area (Å²) in [6.45, 7) is 7.92. The summed E-state index contributed by atoms with van der Waals surface area (Å²) in [5.74, 6) is -0.185. The third kappa shape index (κ3) is 4.29. The maximum Gasteiger partial charge on any atom is 0.237 e. The fourth-order valence-corrected chi connectivity index (χ4v) is 3.92. The third-order valence-electron chi connectivity index (χ3n) is 4.66. The Morgan fingerprint density at radius 3 is 2.48 bits per heavy atom. The highest BCUT2D eigenvalue weighted by Gasteiger charge is 2.27. The molecule has 7 heteroatoms. The average molecular weight is 338 g/mol. The first kappa shape index (κ1) is 17.9. The lowest BCUT2D eigenvalue weighted by Gasteiger charge is -2.32. The standard InChI is InChI=1S/C16H26N4O2S/c1-10(15-11(2)23-12(3)18-15)19(4)14(21)9-20-7-5-13(6-8-20)16(17)22/h10,13H,5-9H2,1-4H3,(H2,17,22)/t10-/m0/s1. The Kier molecular flexibility index (Phi) is 5.75. The minimum Gasteiger partial charge on any atom is -0.369 e. The fourth-order valence-electron chi connectivity index (χ4n) is 3.01. The van der Waals surface area contributed by atoms with Crippen molar-refractivity contribution in [1.82, 2.24) is 14.8 Å². The van der Waals surface area contributed by atoms with Gasteiger partial charge >= 0.3 is 0 Å². The first-order valence-electron chi connectivity index (χ1n) is 8.00. The zero-order valence-electron chi connectivity index (χ0n) is 14.3. The minimum atomic E-state index is -0.226. The van der Waals surface area contributed by atoms with Crippen molar-refractivity contribution >= 4 is 23.2 Å². The van der Waals surface area contributed by atoms with E-state index >= 15 is 0 Å². The van der Waals surface area contributed by atoms with E-state index in [-0.39, 0.29) is 23.8 Å². The van der Waals surface area contributed by atoms with Crippen molar-refractivity contribution in [2.75, 3.05) is 26.7 Å². The van der Waals surface area contributed by atoms with Gasteiger partial charge < -0.3 is 10.6 Å². The second-order valence-corrected chi connectivity index (χ2v) is 7.72. The summed E-state index contributed by atoms with van der Waals surface area (Å²) >= 11 is 1.66. The van der Waals surface area contributed by atoms with E-state index < -0.39 is 0 Å². The molecular formula is C16H26N4O2S. The summed E-state index contributed by atoms with van der Waals surface area (Å²) in [6, 6.07) is -0.0318. The number of hydrogen-bond donors (Lipinski definition) is 1. The molecule has 0 unspecified atom stereocenters. The van der Waals surface area contributed by atoms with Gasteiger partial charge in [0, 0.05) is 17.8 Å². The number of primary amides is 1. The lowest BCUT2D eigenvalue weighted by molar-refractivity contribution is -0.133. The molecule has 0 aromatic carbocycles. The van der Waals surface area contributed by atoms with Crippen LogP contribution in [-0.4, -0.2) is 53.3 Å². The van der Waals surface area contributed by atoms with Crippen LogP contribution in [0.1, 0.15) is 41.4 Å². The molecule has 1 aromatic heterocycles. The number of nitrogens with zero attached hydrogens (tertiary/aromatic N) is 3. The van der Waals surface area contributed by atoms with Crippen molar-refractivity contribution in [2.45, 2.75) is 39.7 Å². The van der Waals surface area contributed by atoms with Crippen molar-refractivity contribution in [1.29, 1.82) is 0 Å². The summed E-state index contributed by atoms with van der Waals surface area (Å²) < 4.78 is 0. The molecule has 1 aromatic rings. The first-order valence-corrected chi connectivity index (χ1v) is 8.82. The highest BCUT2D eigenvalue weighted by molar-refractivity contribution is 7.11. The van der Waals surface area contributed by atoms with Gasteiger partial charge in [0.15, 0.2) is 0 Å². The molecule has 0 saturated carbocycles. The first-order chi connectivity index (χ1) is 10.8. The zero-order chi connectivity index (χ0) is 17.1. The van der Waals surface area contributed by atoms with Gasteiger partial charge in [-0.15, -0.1) is 11.3 Å². The molecule has 0 bridgehead atoms. The van der Waals surface area contributed by atoms with Gasteiger partial charge in [-0.25, -0.2) is 4.98 Å². The van der Waals surface area contributed by atoms with Gasteiger partial charge in [0.25, 0.3) is 0 Å². The Morgan fingerprint density at radius 1 is 1.39 bits per heavy atom. The molecule has 2 heterocycles. The van der Waals surface area contributed by atoms with Crippen LogP contribution in [0.3, 0.4) is 0 Å². The maximum absolute atomic E-state index is 12.5. The molecule has 128 valence electrons. The number of hydrogen-bond acceptors (Lipinski definition) is 5. The lowest BCUT2D eigenvalue weighted by Crippen LogP contribution is -2.44. The second-order valence-electron chi connectivity index (χ2n) is 6.31. The van der Waals surface area contributed by atoms with Gasteiger partial charge in [0.2, 0.25) is 11.8 Å². The van der Waals surface area contributed by atoms with E-state index in [0.29, 0.717) is 6.54 Å². The summed E-state index contributed by atoms with van der Waals surface area (Å²) in [5, 5.41) is 1.03. The number of likely N-dealkylation sites (tertiary alicyclic amines) is 1. The molecule has 2 N–H and O–H groups in total. The van der Waals surface area contributed by atoms with Gasteiger partial charge in [0.05, 0.1) is 23.3 Å². The zero-order valence-corrected chi connectivity index (χ0v) is 15.2. The van der Waals surface area contributed by atoms with Crippen LogP contribution < -0.4 is 5.73 Å². The highest BCUT2D eigenvalue weighted by atomic mass is 32.1. The molecule has 1 fully saturated rings. The molecule has 1 saturated heterocycles. The maximum atomic E-state index is 12.5. The molecule has 2 amide bonds. The normalized spacial score (nSPS) is 17.9. The fraction of sp³-hybridized carbons (Fsp3) is 0.688. The van der Waals surface area contributed by atoms with Gasteiger partial charge in [-0.1, -0.05) is 0 Å². The summed E-state index contributed by atoms with van der Waals surface area (Å²) in [5.41, 5.74) is 6.33. The van der Waals surface area contributed by atoms with E-state index in [4.69, 9.17) is 5.73 Å². The predicted octanol–water partition coefficient (Wildman–Crippen LogP) is 1.48. The van der Waals surface area contributed by atoms with Crippen molar-refractivity contribution in [3.05, 3.63) is 15.6 Å². The van der Waals surface area contributed by atoms with Crippen LogP contribution >= 0.6 is 11.3 Å². The summed E-state index contributed by atoms with van der Waals surface area (Å²) in [7, 11) is 1.83. The summed E-state index contributed by atoms with van der Waals surface area (Å²) in [4.78, 5) is 33.3. The van der Waals surface area contributed by atoms with E-state index in [0.717, 1.165) is 41.5 Å². The van der Waals surface area contributed by atoms with Crippen LogP contribution in [0.15, 0.2) is 0 Å². The van der Waals surface area contributed by atoms with Gasteiger partial charge in [0.1, 0.15) is 0 Å². The summed E-state index contributed by atoms with van der Waals surface area (Å²) in [6.07, 6.45) is 1.48. The molecule has 0 aliphatic carbocycles. The van der Waals surface area contributed by atoms with E-state index in [2.05, 4.69) is 9.88 Å². The van der Waals surface area contributed by atoms with Crippen molar-refractivity contribution in [3.8, 4) is 0 Å². The number of likely N-dealkylation sites (N-methyl/N-ethyl adjacent to an activating group) is 1. The Bertz CT molecular complexity index is 579. The number of nitrogens with two attached hydrogens (primary N) is 1. The van der Waals surface area contributed by atoms with Gasteiger partial charge in [-0.2, -0.15) is 0 Å². The van der Waals surface area contributed by atoms with Crippen molar-refractivity contribution in [3.63, 3.8) is 0 Å². The van der Waals surface area contributed by atoms with Gasteiger partial charge in [-0.3, -0.25) is 14.5 Å². The molecule has 1 aliphatic rings. The molecule has 1 atom stereocenters. The topological polar surface area (TPSA) is 79.5 Å². The highest BCUT2D eigenvalue weighted by Crippen LogP contribution is 2.26. The van der Waals surface area contributed by atoms with Crippen LogP contribution in [0.4, 0.5) is 0 Å². The largest absolute Gasteiger partial charge is 0.369 e. The second kappa shape index (κ2) is 7.40. The number of thiazole rings is 1. The minimum absolute atomic E-state index is 0.0318. The van der Waals surface area contributed by atoms with Crippen LogP contribution in [0.5, 0.6) is 0 Å². The molecular weight excluding hydrogens is 312 g/mol. The number of piperidine rings is 1. The smallest absolute Gasteiger partial charge is 0.237 e. The molecule has 2 rings (SSSR count). The van der Waals surface area contributed by atoms with Gasteiger partial charge in [-0.05, 0) is 46.7 Å².